The summed E-state index contributed by atoms with van der Waals surface area (Å²) >= 11 is 3.14. The Morgan fingerprint density at radius 2 is 1.71 bits per heavy atom. The molecule has 1 heterocycles. The van der Waals surface area contributed by atoms with Crippen LogP contribution in [0.3, 0.4) is 0 Å². The molecule has 0 aliphatic heterocycles. The zero-order valence-electron chi connectivity index (χ0n) is 13.7. The summed E-state index contributed by atoms with van der Waals surface area (Å²) in [5.41, 5.74) is 2.16. The van der Waals surface area contributed by atoms with Gasteiger partial charge in [0.15, 0.2) is 0 Å². The highest BCUT2D eigenvalue weighted by atomic mass is 79.9. The van der Waals surface area contributed by atoms with Gasteiger partial charge in [-0.05, 0) is 47.8 Å². The Morgan fingerprint density at radius 3 is 2.12 bits per heavy atom. The van der Waals surface area contributed by atoms with Gasteiger partial charge in [-0.15, -0.1) is 4.39 Å². The Hall–Kier alpha value is -1.71. The van der Waals surface area contributed by atoms with E-state index in [2.05, 4.69) is 15.9 Å². The molecular weight excluding hydrogens is 403 g/mol. The standard InChI is InChI=1S/C9H12O3S.C6H7BrFN2O/c1-6-4-7(2)9(8(3)5-6)13(10,11)12;1-11-5-2-4(7)3-10(9)6(5)8/h4-5H,1-3H3,(H,10,11,12);2-3H,9H2,1H3/q;+1. The van der Waals surface area contributed by atoms with Gasteiger partial charge in [-0.3, -0.25) is 4.55 Å². The summed E-state index contributed by atoms with van der Waals surface area (Å²) < 4.78 is 49.9. The van der Waals surface area contributed by atoms with Crippen molar-refractivity contribution in [2.45, 2.75) is 25.7 Å². The lowest BCUT2D eigenvalue weighted by Gasteiger charge is -2.07. The van der Waals surface area contributed by atoms with E-state index in [1.807, 2.05) is 6.92 Å². The second-order valence-electron chi connectivity index (χ2n) is 5.13. The number of halogens is 2. The first-order valence-electron chi connectivity index (χ1n) is 6.72. The molecule has 0 amide bonds. The summed E-state index contributed by atoms with van der Waals surface area (Å²) in [7, 11) is -2.70. The average molecular weight is 422 g/mol. The Bertz CT molecular complexity index is 834. The number of aromatic nitrogens is 1. The normalized spacial score (nSPS) is 10.8. The number of methoxy groups -OCH3 is 1. The van der Waals surface area contributed by atoms with Crippen molar-refractivity contribution in [3.05, 3.63) is 51.5 Å². The third-order valence-corrected chi connectivity index (χ3v) is 4.64. The van der Waals surface area contributed by atoms with Gasteiger partial charge in [0.05, 0.1) is 16.5 Å². The molecule has 0 aliphatic carbocycles. The minimum Gasteiger partial charge on any atom is -0.488 e. The Kier molecular flexibility index (Phi) is 6.70. The molecule has 1 aromatic heterocycles. The predicted octanol–water partition coefficient (Wildman–Crippen LogP) is 2.46. The van der Waals surface area contributed by atoms with Crippen LogP contribution < -0.4 is 15.3 Å². The lowest BCUT2D eigenvalue weighted by atomic mass is 10.1. The molecule has 0 radical (unpaired) electrons. The fourth-order valence-corrected chi connectivity index (χ4v) is 3.62. The van der Waals surface area contributed by atoms with Gasteiger partial charge in [0.1, 0.15) is 0 Å². The van der Waals surface area contributed by atoms with E-state index >= 15 is 0 Å². The second kappa shape index (κ2) is 7.91. The number of hydrogen-bond donors (Lipinski definition) is 2. The Balaban J connectivity index is 0.000000243. The van der Waals surface area contributed by atoms with Crippen molar-refractivity contribution in [2.24, 2.45) is 0 Å². The largest absolute Gasteiger partial charge is 0.488 e. The van der Waals surface area contributed by atoms with Gasteiger partial charge in [-0.2, -0.15) is 8.42 Å². The summed E-state index contributed by atoms with van der Waals surface area (Å²) in [6, 6.07) is 4.96. The first kappa shape index (κ1) is 20.3. The molecule has 24 heavy (non-hydrogen) atoms. The van der Waals surface area contributed by atoms with Crippen LogP contribution in [-0.2, 0) is 10.1 Å². The summed E-state index contributed by atoms with van der Waals surface area (Å²) in [5.74, 6) is 4.74. The van der Waals surface area contributed by atoms with Crippen LogP contribution in [0.5, 0.6) is 5.75 Å². The van der Waals surface area contributed by atoms with Crippen LogP contribution in [-0.4, -0.2) is 20.1 Å². The molecule has 0 bridgehead atoms. The molecule has 9 heteroatoms. The fraction of sp³-hybridized carbons (Fsp3) is 0.267. The molecule has 2 aromatic rings. The highest BCUT2D eigenvalue weighted by Gasteiger charge is 2.16. The van der Waals surface area contributed by atoms with Crippen LogP contribution >= 0.6 is 15.9 Å². The minimum atomic E-state index is -4.08. The van der Waals surface area contributed by atoms with Crippen molar-refractivity contribution in [1.82, 2.24) is 0 Å². The monoisotopic (exact) mass is 421 g/mol. The summed E-state index contributed by atoms with van der Waals surface area (Å²) in [6.45, 7) is 5.22. The quantitative estimate of drug-likeness (QED) is 0.336. The van der Waals surface area contributed by atoms with E-state index in [-0.39, 0.29) is 10.6 Å². The van der Waals surface area contributed by atoms with Crippen molar-refractivity contribution in [1.29, 1.82) is 0 Å². The topological polar surface area (TPSA) is 93.5 Å². The van der Waals surface area contributed by atoms with Gasteiger partial charge in [0.25, 0.3) is 10.1 Å². The first-order valence-corrected chi connectivity index (χ1v) is 8.95. The van der Waals surface area contributed by atoms with E-state index in [0.29, 0.717) is 15.6 Å². The number of rotatable bonds is 2. The number of nitrogens with two attached hydrogens (primary N) is 1. The van der Waals surface area contributed by atoms with E-state index in [1.165, 1.54) is 19.4 Å². The molecule has 1 aromatic carbocycles. The van der Waals surface area contributed by atoms with Crippen LogP contribution in [0.4, 0.5) is 4.39 Å². The fourth-order valence-electron chi connectivity index (χ4n) is 2.26. The maximum atomic E-state index is 12.9. The lowest BCUT2D eigenvalue weighted by molar-refractivity contribution is -0.670. The first-order chi connectivity index (χ1) is 11.0. The van der Waals surface area contributed by atoms with Crippen LogP contribution in [0.15, 0.2) is 33.8 Å². The minimum absolute atomic E-state index is 0.0260. The number of ether oxygens (including phenoxy) is 1. The molecular formula is C15H19BrFN2O4S+. The Morgan fingerprint density at radius 1 is 1.21 bits per heavy atom. The highest BCUT2D eigenvalue weighted by molar-refractivity contribution is 9.10. The van der Waals surface area contributed by atoms with E-state index in [4.69, 9.17) is 15.1 Å². The summed E-state index contributed by atoms with van der Waals surface area (Å²) in [6.07, 6.45) is 1.40. The predicted molar refractivity (Wildman–Crippen MR) is 91.5 cm³/mol. The smallest absolute Gasteiger partial charge is 0.431 e. The molecule has 2 rings (SSSR count). The molecule has 0 saturated heterocycles. The zero-order chi connectivity index (χ0) is 18.7. The third-order valence-electron chi connectivity index (χ3n) is 3.04. The number of benzene rings is 1. The average Bonchev–Trinajstić information content (AvgIpc) is 2.40. The molecule has 0 spiro atoms. The van der Waals surface area contributed by atoms with Crippen molar-refractivity contribution in [3.63, 3.8) is 0 Å². The van der Waals surface area contributed by atoms with Crippen molar-refractivity contribution < 1.29 is 26.8 Å². The van der Waals surface area contributed by atoms with Crippen molar-refractivity contribution >= 4 is 26.0 Å². The maximum Gasteiger partial charge on any atom is 0.431 e. The van der Waals surface area contributed by atoms with Gasteiger partial charge < -0.3 is 4.74 Å². The molecule has 0 aliphatic rings. The van der Waals surface area contributed by atoms with Crippen molar-refractivity contribution in [2.75, 3.05) is 13.0 Å². The summed E-state index contributed by atoms with van der Waals surface area (Å²) in [4.78, 5) is 0.0260. The number of hydrogen-bond acceptors (Lipinski definition) is 4. The van der Waals surface area contributed by atoms with E-state index in [9.17, 15) is 12.8 Å². The van der Waals surface area contributed by atoms with Crippen LogP contribution in [0.1, 0.15) is 16.7 Å². The number of pyridine rings is 1. The molecule has 0 fully saturated rings. The maximum absolute atomic E-state index is 12.9. The number of aryl methyl sites for hydroxylation is 3. The SMILES string of the molecule is COc1cc(Br)c[n+](N)c1F.Cc1cc(C)c(S(=O)(=O)O)c(C)c1. The highest BCUT2D eigenvalue weighted by Crippen LogP contribution is 2.21. The molecule has 0 saturated carbocycles. The van der Waals surface area contributed by atoms with Gasteiger partial charge in [-0.25, -0.2) is 5.84 Å². The van der Waals surface area contributed by atoms with Gasteiger partial charge in [0.2, 0.25) is 11.9 Å². The van der Waals surface area contributed by atoms with Crippen LogP contribution in [0.2, 0.25) is 0 Å². The molecule has 0 unspecified atom stereocenters. The molecule has 0 atom stereocenters. The van der Waals surface area contributed by atoms with E-state index in [1.54, 1.807) is 26.0 Å². The van der Waals surface area contributed by atoms with Gasteiger partial charge >= 0.3 is 5.95 Å². The summed E-state index contributed by atoms with van der Waals surface area (Å²) in [5, 5.41) is 0. The van der Waals surface area contributed by atoms with E-state index in [0.717, 1.165) is 10.2 Å². The zero-order valence-corrected chi connectivity index (χ0v) is 16.1. The third kappa shape index (κ3) is 5.15. The second-order valence-corrected chi connectivity index (χ2v) is 7.40. The van der Waals surface area contributed by atoms with Gasteiger partial charge in [0, 0.05) is 6.07 Å². The Labute approximate surface area is 148 Å². The number of nitrogen functional groups attached to an aromatic ring is 1. The van der Waals surface area contributed by atoms with Gasteiger partial charge in [-0.1, -0.05) is 22.4 Å². The van der Waals surface area contributed by atoms with Crippen LogP contribution in [0, 0.1) is 26.7 Å². The van der Waals surface area contributed by atoms with Crippen LogP contribution in [0.25, 0.3) is 0 Å². The molecule has 6 nitrogen and oxygen atoms in total. The lowest BCUT2D eigenvalue weighted by Crippen LogP contribution is -2.48. The number of nitrogens with zero attached hydrogens (tertiary/aromatic N) is 1. The van der Waals surface area contributed by atoms with E-state index < -0.39 is 16.1 Å². The van der Waals surface area contributed by atoms with Crippen molar-refractivity contribution in [3.8, 4) is 5.75 Å². The molecule has 3 N–H and O–H groups in total. The molecule has 132 valence electrons.